The molecule has 4 rings (SSSR count). The molecule has 2 saturated heterocycles. The van der Waals surface area contributed by atoms with Crippen LogP contribution in [-0.2, 0) is 17.8 Å². The van der Waals surface area contributed by atoms with Crippen LogP contribution in [0.25, 0.3) is 0 Å². The predicted molar refractivity (Wildman–Crippen MR) is 115 cm³/mol. The first-order valence-electron chi connectivity index (χ1n) is 10.7. The van der Waals surface area contributed by atoms with E-state index >= 15 is 0 Å². The first-order valence-corrected chi connectivity index (χ1v) is 10.7. The molecule has 7 heteroatoms. The molecule has 7 nitrogen and oxygen atoms in total. The molecule has 29 heavy (non-hydrogen) atoms. The zero-order valence-corrected chi connectivity index (χ0v) is 17.3. The van der Waals surface area contributed by atoms with Gasteiger partial charge in [-0.1, -0.05) is 24.3 Å². The van der Waals surface area contributed by atoms with Crippen LogP contribution in [0.4, 0.5) is 0 Å². The van der Waals surface area contributed by atoms with Crippen molar-refractivity contribution in [3.8, 4) is 0 Å². The summed E-state index contributed by atoms with van der Waals surface area (Å²) in [6.45, 7) is 10.5. The van der Waals surface area contributed by atoms with Gasteiger partial charge in [-0.2, -0.15) is 0 Å². The minimum absolute atomic E-state index is 0.616. The Bertz CT molecular complexity index is 767. The van der Waals surface area contributed by atoms with Crippen LogP contribution in [0.5, 0.6) is 0 Å². The van der Waals surface area contributed by atoms with Crippen molar-refractivity contribution < 1.29 is 4.74 Å². The molecule has 1 unspecified atom stereocenters. The number of benzene rings is 1. The van der Waals surface area contributed by atoms with Gasteiger partial charge >= 0.3 is 0 Å². The summed E-state index contributed by atoms with van der Waals surface area (Å²) in [6, 6.07) is 9.34. The van der Waals surface area contributed by atoms with Crippen molar-refractivity contribution in [3.05, 3.63) is 54.1 Å². The van der Waals surface area contributed by atoms with Crippen molar-refractivity contribution in [2.75, 3.05) is 45.9 Å². The maximum absolute atomic E-state index is 5.50. The number of ether oxygens (including phenoxy) is 1. The third kappa shape index (κ3) is 5.36. The van der Waals surface area contributed by atoms with E-state index in [4.69, 9.17) is 9.73 Å². The fraction of sp³-hybridized carbons (Fsp3) is 0.545. The molecule has 156 valence electrons. The first kappa shape index (κ1) is 19.9. The van der Waals surface area contributed by atoms with Crippen LogP contribution in [0.3, 0.4) is 0 Å². The molecular weight excluding hydrogens is 364 g/mol. The molecule has 2 aromatic rings. The van der Waals surface area contributed by atoms with E-state index in [9.17, 15) is 0 Å². The van der Waals surface area contributed by atoms with Gasteiger partial charge in [-0.3, -0.25) is 4.90 Å². The molecule has 1 atom stereocenters. The van der Waals surface area contributed by atoms with Crippen molar-refractivity contribution in [2.24, 2.45) is 4.99 Å². The second-order valence-electron chi connectivity index (χ2n) is 7.76. The molecule has 3 heterocycles. The van der Waals surface area contributed by atoms with Crippen LogP contribution < -0.4 is 5.32 Å². The van der Waals surface area contributed by atoms with Gasteiger partial charge in [-0.25, -0.2) is 9.98 Å². The Labute approximate surface area is 173 Å². The third-order valence-corrected chi connectivity index (χ3v) is 5.72. The number of nitrogens with one attached hydrogen (secondary N) is 1. The van der Waals surface area contributed by atoms with Crippen LogP contribution >= 0.6 is 0 Å². The van der Waals surface area contributed by atoms with Gasteiger partial charge in [0.15, 0.2) is 5.96 Å². The van der Waals surface area contributed by atoms with E-state index < -0.39 is 0 Å². The Hall–Kier alpha value is -2.38. The molecule has 2 fully saturated rings. The lowest BCUT2D eigenvalue weighted by Crippen LogP contribution is -2.46. The molecular formula is C22H32N6O. The van der Waals surface area contributed by atoms with Crippen molar-refractivity contribution in [3.63, 3.8) is 0 Å². The van der Waals surface area contributed by atoms with Gasteiger partial charge in [0.1, 0.15) is 0 Å². The van der Waals surface area contributed by atoms with Gasteiger partial charge in [-0.05, 0) is 24.5 Å². The van der Waals surface area contributed by atoms with Crippen LogP contribution in [-0.4, -0.2) is 77.3 Å². The maximum atomic E-state index is 5.50. The summed E-state index contributed by atoms with van der Waals surface area (Å²) in [5.41, 5.74) is 2.51. The highest BCUT2D eigenvalue weighted by molar-refractivity contribution is 5.80. The van der Waals surface area contributed by atoms with Gasteiger partial charge in [0.2, 0.25) is 0 Å². The fourth-order valence-corrected chi connectivity index (χ4v) is 4.11. The Kier molecular flexibility index (Phi) is 6.79. The second-order valence-corrected chi connectivity index (χ2v) is 7.76. The molecule has 2 aliphatic heterocycles. The van der Waals surface area contributed by atoms with Gasteiger partial charge in [0, 0.05) is 57.7 Å². The van der Waals surface area contributed by atoms with Crippen molar-refractivity contribution in [1.29, 1.82) is 0 Å². The molecule has 0 bridgehead atoms. The maximum Gasteiger partial charge on any atom is 0.194 e. The highest BCUT2D eigenvalue weighted by atomic mass is 16.5. The molecule has 1 aromatic heterocycles. The first-order chi connectivity index (χ1) is 14.3. The molecule has 1 N–H and O–H groups in total. The summed E-state index contributed by atoms with van der Waals surface area (Å²) >= 11 is 0. The van der Waals surface area contributed by atoms with Gasteiger partial charge in [-0.15, -0.1) is 0 Å². The number of rotatable bonds is 6. The number of guanidine groups is 1. The fourth-order valence-electron chi connectivity index (χ4n) is 4.11. The van der Waals surface area contributed by atoms with Crippen LogP contribution in [0.1, 0.15) is 24.5 Å². The van der Waals surface area contributed by atoms with Crippen molar-refractivity contribution in [1.82, 2.24) is 24.7 Å². The van der Waals surface area contributed by atoms with E-state index in [1.807, 2.05) is 18.7 Å². The summed E-state index contributed by atoms with van der Waals surface area (Å²) in [6.07, 6.45) is 6.85. The summed E-state index contributed by atoms with van der Waals surface area (Å²) in [7, 11) is 0. The number of aliphatic imine (C=N–C) groups is 1. The van der Waals surface area contributed by atoms with E-state index in [1.165, 1.54) is 17.5 Å². The Morgan fingerprint density at radius 2 is 1.97 bits per heavy atom. The molecule has 0 radical (unpaired) electrons. The number of imidazole rings is 1. The Morgan fingerprint density at radius 3 is 2.69 bits per heavy atom. The summed E-state index contributed by atoms with van der Waals surface area (Å²) < 4.78 is 7.58. The zero-order valence-electron chi connectivity index (χ0n) is 17.3. The highest BCUT2D eigenvalue weighted by Crippen LogP contribution is 2.17. The zero-order chi connectivity index (χ0) is 19.9. The lowest BCUT2D eigenvalue weighted by Gasteiger charge is -2.32. The van der Waals surface area contributed by atoms with E-state index in [0.717, 1.165) is 58.4 Å². The number of hydrogen-bond acceptors (Lipinski definition) is 4. The van der Waals surface area contributed by atoms with E-state index in [-0.39, 0.29) is 0 Å². The van der Waals surface area contributed by atoms with E-state index in [1.54, 1.807) is 0 Å². The van der Waals surface area contributed by atoms with Crippen molar-refractivity contribution in [2.45, 2.75) is 32.5 Å². The van der Waals surface area contributed by atoms with Gasteiger partial charge in [0.25, 0.3) is 0 Å². The summed E-state index contributed by atoms with van der Waals surface area (Å²) in [4.78, 5) is 14.0. The SMILES string of the molecule is CCNC(=NCc1ccc(Cn2ccnc2)cc1)N1CCC(N2CCOCC2)C1. The quantitative estimate of drug-likeness (QED) is 0.596. The average molecular weight is 397 g/mol. The summed E-state index contributed by atoms with van der Waals surface area (Å²) in [5.74, 6) is 1.03. The summed E-state index contributed by atoms with van der Waals surface area (Å²) in [5, 5.41) is 3.48. The third-order valence-electron chi connectivity index (χ3n) is 5.72. The van der Waals surface area contributed by atoms with Gasteiger partial charge in [0.05, 0.1) is 26.1 Å². The standard InChI is InChI=1S/C22H32N6O/c1-2-24-22(28-9-7-21(17-28)27-11-13-29-14-12-27)25-15-19-3-5-20(6-4-19)16-26-10-8-23-18-26/h3-6,8,10,18,21H,2,7,9,11-17H2,1H3,(H,24,25). The van der Waals surface area contributed by atoms with Crippen molar-refractivity contribution >= 4 is 5.96 Å². The molecule has 0 saturated carbocycles. The lowest BCUT2D eigenvalue weighted by atomic mass is 10.1. The number of hydrogen-bond donors (Lipinski definition) is 1. The van der Waals surface area contributed by atoms with Crippen LogP contribution in [0.15, 0.2) is 48.0 Å². The van der Waals surface area contributed by atoms with Crippen LogP contribution in [0.2, 0.25) is 0 Å². The highest BCUT2D eigenvalue weighted by Gasteiger charge is 2.30. The smallest absolute Gasteiger partial charge is 0.194 e. The number of morpholine rings is 1. The average Bonchev–Trinajstić information content (AvgIpc) is 3.45. The number of nitrogens with zero attached hydrogens (tertiary/aromatic N) is 5. The molecule has 0 spiro atoms. The second kappa shape index (κ2) is 9.89. The molecule has 0 amide bonds. The minimum Gasteiger partial charge on any atom is -0.379 e. The minimum atomic E-state index is 0.616. The monoisotopic (exact) mass is 396 g/mol. The van der Waals surface area contributed by atoms with Crippen LogP contribution in [0, 0.1) is 0 Å². The molecule has 2 aliphatic rings. The largest absolute Gasteiger partial charge is 0.379 e. The number of likely N-dealkylation sites (tertiary alicyclic amines) is 1. The molecule has 0 aliphatic carbocycles. The Morgan fingerprint density at radius 1 is 1.17 bits per heavy atom. The van der Waals surface area contributed by atoms with E-state index in [0.29, 0.717) is 12.6 Å². The Balaban J connectivity index is 1.34. The van der Waals surface area contributed by atoms with E-state index in [2.05, 4.69) is 55.9 Å². The normalized spacial score (nSPS) is 20.9. The lowest BCUT2D eigenvalue weighted by molar-refractivity contribution is 0.0195. The number of aromatic nitrogens is 2. The molecule has 1 aromatic carbocycles. The predicted octanol–water partition coefficient (Wildman–Crippen LogP) is 1.80. The topological polar surface area (TPSA) is 57.9 Å². The van der Waals surface area contributed by atoms with Gasteiger partial charge < -0.3 is 19.5 Å².